The third-order valence-corrected chi connectivity index (χ3v) is 4.79. The van der Waals surface area contributed by atoms with Crippen LogP contribution in [0, 0.1) is 0 Å². The average molecular weight is 373 g/mol. The topological polar surface area (TPSA) is 69.4 Å². The molecule has 2 N–H and O–H groups in total. The maximum atomic E-state index is 12.9. The highest BCUT2D eigenvalue weighted by atomic mass is 32.2. The highest BCUT2D eigenvalue weighted by Crippen LogP contribution is 2.35. The van der Waals surface area contributed by atoms with Gasteiger partial charge in [-0.05, 0) is 41.3 Å². The van der Waals surface area contributed by atoms with E-state index < -0.39 is 32.4 Å². The molecular formula is C17H18F3NO3S. The van der Waals surface area contributed by atoms with Crippen LogP contribution in [0.3, 0.4) is 0 Å². The molecule has 0 saturated carbocycles. The minimum atomic E-state index is -4.76. The van der Waals surface area contributed by atoms with E-state index >= 15 is 0 Å². The van der Waals surface area contributed by atoms with Crippen molar-refractivity contribution in [2.75, 3.05) is 5.73 Å². The molecule has 0 unspecified atom stereocenters. The molecule has 0 bridgehead atoms. The lowest BCUT2D eigenvalue weighted by atomic mass is 9.87. The second-order valence-corrected chi connectivity index (χ2v) is 8.10. The molecule has 0 aliphatic carbocycles. The molecule has 0 heterocycles. The maximum Gasteiger partial charge on any atom is 0.418 e. The van der Waals surface area contributed by atoms with Crippen LogP contribution in [0.4, 0.5) is 18.9 Å². The smallest absolute Gasteiger partial charge is 0.398 e. The Labute approximate surface area is 144 Å². The Balaban J connectivity index is 2.34. The number of hydrogen-bond donors (Lipinski definition) is 1. The van der Waals surface area contributed by atoms with Crippen LogP contribution in [0.15, 0.2) is 47.4 Å². The molecule has 0 aliphatic heterocycles. The van der Waals surface area contributed by atoms with Gasteiger partial charge in [0.1, 0.15) is 10.6 Å². The van der Waals surface area contributed by atoms with Crippen molar-refractivity contribution in [2.45, 2.75) is 37.3 Å². The van der Waals surface area contributed by atoms with E-state index in [4.69, 9.17) is 9.92 Å². The zero-order valence-corrected chi connectivity index (χ0v) is 14.7. The van der Waals surface area contributed by atoms with Crippen molar-refractivity contribution < 1.29 is 25.8 Å². The normalized spacial score (nSPS) is 12.9. The van der Waals surface area contributed by atoms with Crippen LogP contribution in [0.2, 0.25) is 0 Å². The molecule has 2 rings (SSSR count). The van der Waals surface area contributed by atoms with Gasteiger partial charge in [-0.15, -0.1) is 0 Å². The van der Waals surface area contributed by atoms with Gasteiger partial charge in [-0.25, -0.2) is 0 Å². The summed E-state index contributed by atoms with van der Waals surface area (Å²) < 4.78 is 68.1. The second kappa shape index (κ2) is 6.25. The van der Waals surface area contributed by atoms with E-state index in [0.29, 0.717) is 6.07 Å². The fourth-order valence-corrected chi connectivity index (χ4v) is 3.08. The number of nitrogen functional groups attached to an aromatic ring is 1. The molecular weight excluding hydrogens is 355 g/mol. The fourth-order valence-electron chi connectivity index (χ4n) is 2.12. The fraction of sp³-hybridized carbons (Fsp3) is 0.294. The molecule has 2 aromatic carbocycles. The van der Waals surface area contributed by atoms with Gasteiger partial charge in [-0.2, -0.15) is 21.6 Å². The Kier molecular flexibility index (Phi) is 4.78. The first-order chi connectivity index (χ1) is 11.3. The summed E-state index contributed by atoms with van der Waals surface area (Å²) in [4.78, 5) is -0.617. The molecule has 0 spiro atoms. The van der Waals surface area contributed by atoms with Crippen LogP contribution < -0.4 is 9.92 Å². The third kappa shape index (κ3) is 4.45. The van der Waals surface area contributed by atoms with E-state index in [9.17, 15) is 21.6 Å². The van der Waals surface area contributed by atoms with Gasteiger partial charge in [0.15, 0.2) is 0 Å². The summed E-state index contributed by atoms with van der Waals surface area (Å²) in [6, 6.07) is 8.66. The van der Waals surface area contributed by atoms with Crippen molar-refractivity contribution >= 4 is 15.8 Å². The van der Waals surface area contributed by atoms with Crippen LogP contribution in [-0.4, -0.2) is 8.42 Å². The van der Waals surface area contributed by atoms with Crippen LogP contribution in [0.1, 0.15) is 31.9 Å². The van der Waals surface area contributed by atoms with Crippen molar-refractivity contribution in [3.8, 4) is 5.75 Å². The van der Waals surface area contributed by atoms with E-state index in [1.165, 1.54) is 12.1 Å². The predicted molar refractivity (Wildman–Crippen MR) is 88.8 cm³/mol. The average Bonchev–Trinajstić information content (AvgIpc) is 2.45. The van der Waals surface area contributed by atoms with Crippen LogP contribution in [0.25, 0.3) is 0 Å². The second-order valence-electron chi connectivity index (χ2n) is 6.56. The highest BCUT2D eigenvalue weighted by Gasteiger charge is 2.34. The van der Waals surface area contributed by atoms with E-state index in [1.807, 2.05) is 20.8 Å². The minimum Gasteiger partial charge on any atom is -0.398 e. The summed E-state index contributed by atoms with van der Waals surface area (Å²) in [5.41, 5.74) is 4.33. The van der Waals surface area contributed by atoms with Gasteiger partial charge >= 0.3 is 16.3 Å². The summed E-state index contributed by atoms with van der Waals surface area (Å²) in [6.07, 6.45) is -4.76. The molecule has 8 heteroatoms. The Morgan fingerprint density at radius 1 is 0.960 bits per heavy atom. The predicted octanol–water partition coefficient (Wildman–Crippen LogP) is 4.35. The lowest BCUT2D eigenvalue weighted by Gasteiger charge is -2.19. The SMILES string of the molecule is CC(C)(C)c1ccc(OS(=O)(=O)c2ccc(N)c(C(F)(F)F)c2)cc1. The maximum absolute atomic E-state index is 12.9. The lowest BCUT2D eigenvalue weighted by Crippen LogP contribution is -2.14. The molecule has 0 amide bonds. The lowest BCUT2D eigenvalue weighted by molar-refractivity contribution is -0.137. The number of alkyl halides is 3. The van der Waals surface area contributed by atoms with E-state index in [-0.39, 0.29) is 11.2 Å². The van der Waals surface area contributed by atoms with Crippen molar-refractivity contribution in [2.24, 2.45) is 0 Å². The molecule has 0 radical (unpaired) electrons. The van der Waals surface area contributed by atoms with Gasteiger partial charge in [0.2, 0.25) is 0 Å². The monoisotopic (exact) mass is 373 g/mol. The van der Waals surface area contributed by atoms with Crippen molar-refractivity contribution in [1.82, 2.24) is 0 Å². The number of anilines is 1. The first kappa shape index (κ1) is 19.1. The minimum absolute atomic E-state index is 0.0124. The molecule has 0 aliphatic rings. The quantitative estimate of drug-likeness (QED) is 0.641. The van der Waals surface area contributed by atoms with E-state index in [0.717, 1.165) is 17.7 Å². The number of hydrogen-bond acceptors (Lipinski definition) is 4. The third-order valence-electron chi connectivity index (χ3n) is 3.55. The summed E-state index contributed by atoms with van der Waals surface area (Å²) >= 11 is 0. The summed E-state index contributed by atoms with van der Waals surface area (Å²) in [7, 11) is -4.42. The molecule has 136 valence electrons. The van der Waals surface area contributed by atoms with Gasteiger partial charge in [-0.3, -0.25) is 0 Å². The van der Waals surface area contributed by atoms with Crippen molar-refractivity contribution in [3.63, 3.8) is 0 Å². The van der Waals surface area contributed by atoms with Crippen LogP contribution in [0.5, 0.6) is 5.75 Å². The standard InChI is InChI=1S/C17H18F3NO3S/c1-16(2,3)11-4-6-12(7-5-11)24-25(22,23)13-8-9-15(21)14(10-13)17(18,19)20/h4-10H,21H2,1-3H3. The summed E-state index contributed by atoms with van der Waals surface area (Å²) in [6.45, 7) is 5.98. The Bertz CT molecular complexity index is 867. The Morgan fingerprint density at radius 3 is 2.00 bits per heavy atom. The van der Waals surface area contributed by atoms with Gasteiger partial charge < -0.3 is 9.92 Å². The van der Waals surface area contributed by atoms with E-state index in [2.05, 4.69) is 0 Å². The zero-order chi connectivity index (χ0) is 19.0. The molecule has 2 aromatic rings. The van der Waals surface area contributed by atoms with Crippen molar-refractivity contribution in [3.05, 3.63) is 53.6 Å². The Hall–Kier alpha value is -2.22. The first-order valence-electron chi connectivity index (χ1n) is 7.32. The van der Waals surface area contributed by atoms with E-state index in [1.54, 1.807) is 12.1 Å². The molecule has 25 heavy (non-hydrogen) atoms. The molecule has 4 nitrogen and oxygen atoms in total. The number of halogens is 3. The van der Waals surface area contributed by atoms with Gasteiger partial charge in [0.05, 0.1) is 5.56 Å². The molecule has 0 fully saturated rings. The first-order valence-corrected chi connectivity index (χ1v) is 8.73. The molecule has 0 saturated heterocycles. The van der Waals surface area contributed by atoms with Crippen LogP contribution >= 0.6 is 0 Å². The molecule has 0 atom stereocenters. The summed E-state index contributed by atoms with van der Waals surface area (Å²) in [5, 5.41) is 0. The number of benzene rings is 2. The molecule has 0 aromatic heterocycles. The number of nitrogens with two attached hydrogens (primary N) is 1. The van der Waals surface area contributed by atoms with Gasteiger partial charge in [-0.1, -0.05) is 32.9 Å². The van der Waals surface area contributed by atoms with Gasteiger partial charge in [0, 0.05) is 5.69 Å². The van der Waals surface area contributed by atoms with Crippen molar-refractivity contribution in [1.29, 1.82) is 0 Å². The largest absolute Gasteiger partial charge is 0.418 e. The highest BCUT2D eigenvalue weighted by molar-refractivity contribution is 7.87. The zero-order valence-electron chi connectivity index (χ0n) is 13.9. The summed E-state index contributed by atoms with van der Waals surface area (Å²) in [5.74, 6) is 0.0124. The van der Waals surface area contributed by atoms with Gasteiger partial charge in [0.25, 0.3) is 0 Å². The van der Waals surface area contributed by atoms with Crippen LogP contribution in [-0.2, 0) is 21.7 Å². The Morgan fingerprint density at radius 2 is 1.52 bits per heavy atom. The number of rotatable bonds is 3.